The molecule has 0 aliphatic carbocycles. The summed E-state index contributed by atoms with van der Waals surface area (Å²) in [6.07, 6.45) is 0.866. The summed E-state index contributed by atoms with van der Waals surface area (Å²) < 4.78 is 22.7. The second-order valence-corrected chi connectivity index (χ2v) is 6.68. The molecule has 1 aromatic carbocycles. The zero-order chi connectivity index (χ0) is 19.3. The van der Waals surface area contributed by atoms with Crippen LogP contribution in [0.5, 0.6) is 5.75 Å². The van der Waals surface area contributed by atoms with Gasteiger partial charge in [-0.3, -0.25) is 0 Å². The number of ether oxygens (including phenoxy) is 2. The Bertz CT molecular complexity index is 567. The van der Waals surface area contributed by atoms with Crippen molar-refractivity contribution in [1.29, 1.82) is 0 Å². The van der Waals surface area contributed by atoms with Gasteiger partial charge in [0, 0.05) is 5.46 Å². The largest absolute Gasteiger partial charge is 0.498 e. The molecule has 1 aromatic rings. The molecule has 1 saturated heterocycles. The highest BCUT2D eigenvalue weighted by Crippen LogP contribution is 2.37. The second-order valence-electron chi connectivity index (χ2n) is 6.68. The summed E-state index contributed by atoms with van der Waals surface area (Å²) in [6.45, 7) is 14.6. The van der Waals surface area contributed by atoms with Gasteiger partial charge in [-0.25, -0.2) is 4.79 Å². The topological polar surface area (TPSA) is 54.0 Å². The number of esters is 1. The summed E-state index contributed by atoms with van der Waals surface area (Å²) in [4.78, 5) is 11.7. The molecule has 140 valence electrons. The number of methoxy groups -OCH3 is 1. The van der Waals surface area contributed by atoms with Gasteiger partial charge in [0.15, 0.2) is 0 Å². The smallest absolute Gasteiger partial charge is 0.494 e. The molecule has 0 unspecified atom stereocenters. The molecule has 1 heterocycles. The lowest BCUT2D eigenvalue weighted by molar-refractivity contribution is 0.00578. The van der Waals surface area contributed by atoms with Gasteiger partial charge in [-0.2, -0.15) is 0 Å². The second kappa shape index (κ2) is 8.72. The van der Waals surface area contributed by atoms with E-state index in [0.29, 0.717) is 17.9 Å². The van der Waals surface area contributed by atoms with Crippen LogP contribution in [0.3, 0.4) is 0 Å². The molecule has 25 heavy (non-hydrogen) atoms. The highest BCUT2D eigenvalue weighted by Gasteiger charge is 2.52. The Morgan fingerprint density at radius 2 is 1.68 bits per heavy atom. The van der Waals surface area contributed by atoms with Crippen molar-refractivity contribution in [3.8, 4) is 5.75 Å². The van der Waals surface area contributed by atoms with E-state index in [2.05, 4.69) is 0 Å². The van der Waals surface area contributed by atoms with E-state index in [1.54, 1.807) is 18.2 Å². The molecule has 0 radical (unpaired) electrons. The Labute approximate surface area is 152 Å². The van der Waals surface area contributed by atoms with Crippen LogP contribution in [0.25, 0.3) is 0 Å². The van der Waals surface area contributed by atoms with Crippen LogP contribution < -0.4 is 10.2 Å². The number of benzene rings is 1. The highest BCUT2D eigenvalue weighted by atomic mass is 16.7. The number of carbonyl (C=O) groups is 1. The van der Waals surface area contributed by atoms with Crippen molar-refractivity contribution in [2.45, 2.75) is 66.1 Å². The Kier molecular flexibility index (Phi) is 7.51. The lowest BCUT2D eigenvalue weighted by atomic mass is 9.78. The molecule has 0 spiro atoms. The van der Waals surface area contributed by atoms with E-state index in [-0.39, 0.29) is 0 Å². The van der Waals surface area contributed by atoms with Gasteiger partial charge in [0.1, 0.15) is 5.75 Å². The number of carbonyl (C=O) groups excluding carboxylic acids is 1. The summed E-state index contributed by atoms with van der Waals surface area (Å²) in [5.41, 5.74) is 0.366. The minimum absolute atomic E-state index is 0.396. The summed E-state index contributed by atoms with van der Waals surface area (Å²) in [7, 11) is 0.829. The van der Waals surface area contributed by atoms with E-state index in [1.165, 1.54) is 7.11 Å². The van der Waals surface area contributed by atoms with E-state index in [4.69, 9.17) is 18.8 Å². The van der Waals surface area contributed by atoms with Gasteiger partial charge in [0.25, 0.3) is 0 Å². The molecule has 1 aliphatic heterocycles. The van der Waals surface area contributed by atoms with Crippen LogP contribution in [0.15, 0.2) is 18.2 Å². The maximum Gasteiger partial charge on any atom is 0.498 e. The Morgan fingerprint density at radius 3 is 2.16 bits per heavy atom. The predicted octanol–water partition coefficient (Wildman–Crippen LogP) is 3.59. The van der Waals surface area contributed by atoms with Crippen molar-refractivity contribution in [3.63, 3.8) is 0 Å². The van der Waals surface area contributed by atoms with E-state index < -0.39 is 24.3 Å². The highest BCUT2D eigenvalue weighted by molar-refractivity contribution is 6.63. The quantitative estimate of drug-likeness (QED) is 0.600. The van der Waals surface area contributed by atoms with Crippen LogP contribution in [0, 0.1) is 0 Å². The molecule has 0 aromatic heterocycles. The molecular weight excluding hydrogens is 319 g/mol. The van der Waals surface area contributed by atoms with Gasteiger partial charge in [0.2, 0.25) is 0 Å². The van der Waals surface area contributed by atoms with Crippen molar-refractivity contribution >= 4 is 18.6 Å². The first-order valence-corrected chi connectivity index (χ1v) is 8.92. The van der Waals surface area contributed by atoms with Gasteiger partial charge in [-0.15, -0.1) is 0 Å². The Balaban J connectivity index is 0.00000151. The minimum Gasteiger partial charge on any atom is -0.494 e. The average molecular weight is 350 g/mol. The summed E-state index contributed by atoms with van der Waals surface area (Å²) >= 11 is 0. The van der Waals surface area contributed by atoms with Crippen molar-refractivity contribution in [3.05, 3.63) is 23.8 Å². The number of hydrogen-bond donors (Lipinski definition) is 0. The molecule has 0 bridgehead atoms. The lowest BCUT2D eigenvalue weighted by Gasteiger charge is -2.32. The van der Waals surface area contributed by atoms with E-state index in [0.717, 1.165) is 11.9 Å². The van der Waals surface area contributed by atoms with E-state index in [1.807, 2.05) is 48.5 Å². The normalized spacial score (nSPS) is 17.5. The molecule has 0 atom stereocenters. The summed E-state index contributed by atoms with van der Waals surface area (Å²) in [5, 5.41) is 0. The van der Waals surface area contributed by atoms with Gasteiger partial charge in [-0.05, 0) is 46.2 Å². The van der Waals surface area contributed by atoms with Crippen molar-refractivity contribution < 1.29 is 23.6 Å². The predicted molar refractivity (Wildman–Crippen MR) is 101 cm³/mol. The Morgan fingerprint density at radius 1 is 1.12 bits per heavy atom. The minimum atomic E-state index is -0.529. The van der Waals surface area contributed by atoms with Gasteiger partial charge < -0.3 is 18.8 Å². The summed E-state index contributed by atoms with van der Waals surface area (Å²) in [6, 6.07) is 5.19. The van der Waals surface area contributed by atoms with Gasteiger partial charge in [-0.1, -0.05) is 26.8 Å². The maximum absolute atomic E-state index is 11.7. The first-order valence-electron chi connectivity index (χ1n) is 8.92. The third-order valence-electron chi connectivity index (χ3n) is 4.40. The standard InChI is InChI=1S/C17H25BO5.C2H6/c1-7-10-21-14-11-12(15(19)20-6)8-9-13(14)18-22-16(2,3)17(4,5)23-18;1-2/h8-9,11H,7,10H2,1-6H3;1-2H3. The first-order chi connectivity index (χ1) is 11.7. The SMILES string of the molecule is CC.CCCOc1cc(C(=O)OC)ccc1B1OC(C)(C)C(C)(C)O1. The van der Waals surface area contributed by atoms with Crippen LogP contribution in [0.2, 0.25) is 0 Å². The zero-order valence-electron chi connectivity index (χ0n) is 16.8. The number of rotatable bonds is 5. The van der Waals surface area contributed by atoms with Crippen LogP contribution in [0.1, 0.15) is 65.2 Å². The summed E-state index contributed by atoms with van der Waals surface area (Å²) in [5.74, 6) is 0.195. The van der Waals surface area contributed by atoms with Crippen molar-refractivity contribution in [1.82, 2.24) is 0 Å². The molecule has 6 heteroatoms. The van der Waals surface area contributed by atoms with Gasteiger partial charge in [0.05, 0.1) is 30.5 Å². The Hall–Kier alpha value is -1.53. The fraction of sp³-hybridized carbons (Fsp3) is 0.632. The number of hydrogen-bond acceptors (Lipinski definition) is 5. The molecular formula is C19H31BO5. The van der Waals surface area contributed by atoms with Crippen LogP contribution in [0.4, 0.5) is 0 Å². The van der Waals surface area contributed by atoms with Crippen LogP contribution in [-0.4, -0.2) is 38.0 Å². The maximum atomic E-state index is 11.7. The third kappa shape index (κ3) is 4.76. The monoisotopic (exact) mass is 350 g/mol. The van der Waals surface area contributed by atoms with Crippen molar-refractivity contribution in [2.24, 2.45) is 0 Å². The molecule has 0 saturated carbocycles. The molecule has 1 fully saturated rings. The van der Waals surface area contributed by atoms with E-state index >= 15 is 0 Å². The van der Waals surface area contributed by atoms with Crippen LogP contribution in [-0.2, 0) is 14.0 Å². The molecule has 2 rings (SSSR count). The third-order valence-corrected chi connectivity index (χ3v) is 4.40. The molecule has 1 aliphatic rings. The zero-order valence-corrected chi connectivity index (χ0v) is 16.8. The molecule has 0 N–H and O–H groups in total. The fourth-order valence-corrected chi connectivity index (χ4v) is 2.28. The van der Waals surface area contributed by atoms with Gasteiger partial charge >= 0.3 is 13.1 Å². The molecule has 5 nitrogen and oxygen atoms in total. The van der Waals surface area contributed by atoms with Crippen molar-refractivity contribution in [2.75, 3.05) is 13.7 Å². The van der Waals surface area contributed by atoms with E-state index in [9.17, 15) is 4.79 Å². The molecule has 0 amide bonds. The fourth-order valence-electron chi connectivity index (χ4n) is 2.28. The first kappa shape index (κ1) is 21.5. The average Bonchev–Trinajstić information content (AvgIpc) is 2.81. The van der Waals surface area contributed by atoms with Crippen LogP contribution >= 0.6 is 0 Å². The lowest BCUT2D eigenvalue weighted by Crippen LogP contribution is -2.41.